The minimum Gasteiger partial charge on any atom is -0.494 e. The number of nitrogens with one attached hydrogen (secondary N) is 1. The standard InChI is InChI=1S/C21H21NO5S/c1-3-11-26-15-9-7-14(8-10-15)16-13-28-20(18(16)21(24)25-4-2)22-19(23)17-6-5-12-27-17/h5-10,12-13H,3-4,11H2,1-2H3,(H,22,23). The van der Waals surface area contributed by atoms with Gasteiger partial charge in [0.25, 0.3) is 5.91 Å². The number of thiophene rings is 1. The third-order valence-corrected chi connectivity index (χ3v) is 4.78. The predicted molar refractivity (Wildman–Crippen MR) is 108 cm³/mol. The SMILES string of the molecule is CCCOc1ccc(-c2csc(NC(=O)c3ccco3)c2C(=O)OCC)cc1. The molecule has 146 valence electrons. The van der Waals surface area contributed by atoms with Gasteiger partial charge in [-0.25, -0.2) is 4.79 Å². The first-order valence-electron chi connectivity index (χ1n) is 9.00. The van der Waals surface area contributed by atoms with Crippen LogP contribution in [0.1, 0.15) is 41.2 Å². The van der Waals surface area contributed by atoms with E-state index in [1.54, 1.807) is 19.1 Å². The third kappa shape index (κ3) is 4.43. The van der Waals surface area contributed by atoms with E-state index in [0.717, 1.165) is 17.7 Å². The molecule has 6 nitrogen and oxygen atoms in total. The molecule has 3 rings (SSSR count). The van der Waals surface area contributed by atoms with Crippen molar-refractivity contribution in [3.8, 4) is 16.9 Å². The molecule has 0 spiro atoms. The Hall–Kier alpha value is -3.06. The molecule has 0 aliphatic carbocycles. The van der Waals surface area contributed by atoms with E-state index < -0.39 is 11.9 Å². The Bertz CT molecular complexity index is 928. The molecule has 1 N–H and O–H groups in total. The van der Waals surface area contributed by atoms with E-state index in [0.29, 0.717) is 22.7 Å². The van der Waals surface area contributed by atoms with Gasteiger partial charge in [0.2, 0.25) is 0 Å². The van der Waals surface area contributed by atoms with E-state index in [-0.39, 0.29) is 12.4 Å². The molecule has 0 aliphatic rings. The fraction of sp³-hybridized carbons (Fsp3) is 0.238. The predicted octanol–water partition coefficient (Wildman–Crippen LogP) is 5.23. The first kappa shape index (κ1) is 19.7. The summed E-state index contributed by atoms with van der Waals surface area (Å²) >= 11 is 1.26. The van der Waals surface area contributed by atoms with Crippen LogP contribution in [0.3, 0.4) is 0 Å². The van der Waals surface area contributed by atoms with Crippen molar-refractivity contribution in [2.24, 2.45) is 0 Å². The molecule has 0 atom stereocenters. The number of amides is 1. The highest BCUT2D eigenvalue weighted by molar-refractivity contribution is 7.15. The van der Waals surface area contributed by atoms with Crippen LogP contribution >= 0.6 is 11.3 Å². The molecule has 2 heterocycles. The molecule has 0 radical (unpaired) electrons. The van der Waals surface area contributed by atoms with Crippen molar-refractivity contribution in [2.75, 3.05) is 18.5 Å². The van der Waals surface area contributed by atoms with Gasteiger partial charge in [0.15, 0.2) is 5.76 Å². The summed E-state index contributed by atoms with van der Waals surface area (Å²) in [6.45, 7) is 4.67. The lowest BCUT2D eigenvalue weighted by atomic mass is 10.0. The van der Waals surface area contributed by atoms with E-state index >= 15 is 0 Å². The summed E-state index contributed by atoms with van der Waals surface area (Å²) < 4.78 is 15.9. The van der Waals surface area contributed by atoms with Crippen LogP contribution in [-0.4, -0.2) is 25.1 Å². The summed E-state index contributed by atoms with van der Waals surface area (Å²) in [5, 5.41) is 4.99. The summed E-state index contributed by atoms with van der Waals surface area (Å²) in [5.74, 6) is 0.0270. The molecule has 0 unspecified atom stereocenters. The summed E-state index contributed by atoms with van der Waals surface area (Å²) in [7, 11) is 0. The van der Waals surface area contributed by atoms with E-state index in [4.69, 9.17) is 13.9 Å². The second-order valence-corrected chi connectivity index (χ2v) is 6.76. The Morgan fingerprint density at radius 3 is 2.57 bits per heavy atom. The monoisotopic (exact) mass is 399 g/mol. The van der Waals surface area contributed by atoms with Gasteiger partial charge >= 0.3 is 5.97 Å². The number of furan rings is 1. The number of esters is 1. The molecule has 1 amide bonds. The van der Waals surface area contributed by atoms with Crippen molar-refractivity contribution in [3.05, 3.63) is 59.4 Å². The fourth-order valence-electron chi connectivity index (χ4n) is 2.59. The Labute approximate surface area is 167 Å². The molecule has 0 fully saturated rings. The van der Waals surface area contributed by atoms with Crippen molar-refractivity contribution in [2.45, 2.75) is 20.3 Å². The summed E-state index contributed by atoms with van der Waals surface area (Å²) in [5.41, 5.74) is 1.86. The molecular formula is C21H21NO5S. The molecule has 2 aromatic heterocycles. The highest BCUT2D eigenvalue weighted by Crippen LogP contribution is 2.37. The number of benzene rings is 1. The van der Waals surface area contributed by atoms with Crippen molar-refractivity contribution >= 4 is 28.2 Å². The number of hydrogen-bond acceptors (Lipinski definition) is 6. The van der Waals surface area contributed by atoms with Crippen LogP contribution in [-0.2, 0) is 4.74 Å². The number of carbonyl (C=O) groups is 2. The van der Waals surface area contributed by atoms with Gasteiger partial charge in [-0.05, 0) is 43.2 Å². The average Bonchev–Trinajstić information content (AvgIpc) is 3.37. The minimum absolute atomic E-state index is 0.169. The quantitative estimate of drug-likeness (QED) is 0.525. The molecule has 0 saturated carbocycles. The summed E-state index contributed by atoms with van der Waals surface area (Å²) in [4.78, 5) is 24.9. The topological polar surface area (TPSA) is 77.8 Å². The van der Waals surface area contributed by atoms with Gasteiger partial charge in [-0.1, -0.05) is 19.1 Å². The van der Waals surface area contributed by atoms with Crippen LogP contribution in [0.2, 0.25) is 0 Å². The number of ether oxygens (including phenoxy) is 2. The molecule has 0 bridgehead atoms. The lowest BCUT2D eigenvalue weighted by Gasteiger charge is -2.09. The average molecular weight is 399 g/mol. The zero-order valence-electron chi connectivity index (χ0n) is 15.7. The highest BCUT2D eigenvalue weighted by atomic mass is 32.1. The first-order valence-corrected chi connectivity index (χ1v) is 9.88. The van der Waals surface area contributed by atoms with Crippen LogP contribution in [0.5, 0.6) is 5.75 Å². The van der Waals surface area contributed by atoms with Gasteiger partial charge in [-0.3, -0.25) is 4.79 Å². The number of rotatable bonds is 8. The number of carbonyl (C=O) groups excluding carboxylic acids is 2. The van der Waals surface area contributed by atoms with Gasteiger partial charge < -0.3 is 19.2 Å². The number of anilines is 1. The first-order chi connectivity index (χ1) is 13.6. The van der Waals surface area contributed by atoms with Crippen LogP contribution in [0.4, 0.5) is 5.00 Å². The van der Waals surface area contributed by atoms with E-state index in [9.17, 15) is 9.59 Å². The molecule has 0 saturated heterocycles. The van der Waals surface area contributed by atoms with Crippen LogP contribution in [0.25, 0.3) is 11.1 Å². The molecule has 1 aromatic carbocycles. The molecular weight excluding hydrogens is 378 g/mol. The zero-order valence-corrected chi connectivity index (χ0v) is 16.5. The van der Waals surface area contributed by atoms with Gasteiger partial charge in [0, 0.05) is 10.9 Å². The lowest BCUT2D eigenvalue weighted by molar-refractivity contribution is 0.0529. The van der Waals surface area contributed by atoms with E-state index in [2.05, 4.69) is 5.32 Å². The largest absolute Gasteiger partial charge is 0.494 e. The Morgan fingerprint density at radius 1 is 1.14 bits per heavy atom. The molecule has 0 aliphatic heterocycles. The van der Waals surface area contributed by atoms with Gasteiger partial charge in [0.1, 0.15) is 16.3 Å². The van der Waals surface area contributed by atoms with E-state index in [1.807, 2.05) is 36.6 Å². The fourth-order valence-corrected chi connectivity index (χ4v) is 3.54. The second kappa shape index (κ2) is 9.23. The number of hydrogen-bond donors (Lipinski definition) is 1. The third-order valence-electron chi connectivity index (χ3n) is 3.88. The van der Waals surface area contributed by atoms with Crippen LogP contribution < -0.4 is 10.1 Å². The smallest absolute Gasteiger partial charge is 0.341 e. The van der Waals surface area contributed by atoms with E-state index in [1.165, 1.54) is 17.6 Å². The van der Waals surface area contributed by atoms with Crippen molar-refractivity contribution < 1.29 is 23.5 Å². The maximum absolute atomic E-state index is 12.6. The normalized spacial score (nSPS) is 10.5. The maximum Gasteiger partial charge on any atom is 0.341 e. The van der Waals surface area contributed by atoms with Crippen molar-refractivity contribution in [1.29, 1.82) is 0 Å². The van der Waals surface area contributed by atoms with Gasteiger partial charge in [-0.2, -0.15) is 0 Å². The summed E-state index contributed by atoms with van der Waals surface area (Å²) in [6, 6.07) is 10.7. The summed E-state index contributed by atoms with van der Waals surface area (Å²) in [6.07, 6.45) is 2.35. The maximum atomic E-state index is 12.6. The molecule has 7 heteroatoms. The lowest BCUT2D eigenvalue weighted by Crippen LogP contribution is -2.14. The van der Waals surface area contributed by atoms with Crippen molar-refractivity contribution in [1.82, 2.24) is 0 Å². The highest BCUT2D eigenvalue weighted by Gasteiger charge is 2.23. The molecule has 3 aromatic rings. The minimum atomic E-state index is -0.486. The second-order valence-electron chi connectivity index (χ2n) is 5.88. The van der Waals surface area contributed by atoms with Crippen LogP contribution in [0.15, 0.2) is 52.5 Å². The Kier molecular flexibility index (Phi) is 6.49. The van der Waals surface area contributed by atoms with Gasteiger partial charge in [-0.15, -0.1) is 11.3 Å². The Balaban J connectivity index is 1.91. The Morgan fingerprint density at radius 2 is 1.93 bits per heavy atom. The van der Waals surface area contributed by atoms with Gasteiger partial charge in [0.05, 0.1) is 19.5 Å². The van der Waals surface area contributed by atoms with Crippen LogP contribution in [0, 0.1) is 0 Å². The van der Waals surface area contributed by atoms with Crippen molar-refractivity contribution in [3.63, 3.8) is 0 Å². The molecule has 28 heavy (non-hydrogen) atoms. The zero-order chi connectivity index (χ0) is 19.9.